The molecule has 102 valence electrons. The highest BCUT2D eigenvalue weighted by molar-refractivity contribution is 5.51. The molecule has 0 aliphatic rings. The normalized spacial score (nSPS) is 9.26. The lowest BCUT2D eigenvalue weighted by molar-refractivity contribution is 0.412. The largest absolute Gasteiger partial charge is 0.496 e. The summed E-state index contributed by atoms with van der Waals surface area (Å²) in [6.07, 6.45) is 0. The number of rotatable bonds is 4. The predicted octanol–water partition coefficient (Wildman–Crippen LogP) is 4.64. The highest BCUT2D eigenvalue weighted by Crippen LogP contribution is 2.22. The van der Waals surface area contributed by atoms with Gasteiger partial charge >= 0.3 is 0 Å². The summed E-state index contributed by atoms with van der Waals surface area (Å²) in [4.78, 5) is 0. The van der Waals surface area contributed by atoms with Crippen LogP contribution >= 0.6 is 0 Å². The number of anilines is 1. The smallest absolute Gasteiger partial charge is 0.123 e. The van der Waals surface area contributed by atoms with Crippen LogP contribution in [0.4, 0.5) is 5.69 Å². The molecule has 0 aliphatic carbocycles. The van der Waals surface area contributed by atoms with Gasteiger partial charge in [0.05, 0.1) is 7.11 Å². The molecule has 0 aromatic heterocycles. The molecule has 0 saturated heterocycles. The molecule has 0 bridgehead atoms. The molecule has 2 rings (SSSR count). The fraction of sp³-hybridized carbons (Fsp3) is 0.294. The van der Waals surface area contributed by atoms with Gasteiger partial charge in [-0.25, -0.2) is 0 Å². The van der Waals surface area contributed by atoms with E-state index in [4.69, 9.17) is 4.74 Å². The molecule has 2 heteroatoms. The van der Waals surface area contributed by atoms with Crippen LogP contribution in [0.25, 0.3) is 0 Å². The predicted molar refractivity (Wildman–Crippen MR) is 82.8 cm³/mol. The first-order valence-corrected chi connectivity index (χ1v) is 6.72. The van der Waals surface area contributed by atoms with Crippen molar-refractivity contribution in [3.8, 4) is 5.75 Å². The Morgan fingerprint density at radius 3 is 2.32 bits per heavy atom. The van der Waals surface area contributed by atoms with Gasteiger partial charge < -0.3 is 10.1 Å². The average Bonchev–Trinajstić information content (AvgIpc) is 2.49. The molecular formula is C17H23NO. The molecule has 2 aromatic rings. The minimum Gasteiger partial charge on any atom is -0.496 e. The Hall–Kier alpha value is -1.96. The Morgan fingerprint density at radius 1 is 1.00 bits per heavy atom. The van der Waals surface area contributed by atoms with Crippen molar-refractivity contribution < 1.29 is 4.74 Å². The Morgan fingerprint density at radius 2 is 1.68 bits per heavy atom. The van der Waals surface area contributed by atoms with Gasteiger partial charge in [0.15, 0.2) is 0 Å². The number of aryl methyl sites for hydroxylation is 1. The zero-order valence-corrected chi connectivity index (χ0v) is 12.2. The molecule has 0 aliphatic heterocycles. The summed E-state index contributed by atoms with van der Waals surface area (Å²) in [6.45, 7) is 6.87. The third-order valence-corrected chi connectivity index (χ3v) is 2.75. The van der Waals surface area contributed by atoms with Crippen LogP contribution in [0.5, 0.6) is 5.75 Å². The number of ether oxygens (including phenoxy) is 1. The molecule has 0 unspecified atom stereocenters. The van der Waals surface area contributed by atoms with E-state index >= 15 is 0 Å². The molecule has 0 amide bonds. The van der Waals surface area contributed by atoms with Crippen LogP contribution < -0.4 is 10.1 Å². The molecule has 2 aromatic carbocycles. The van der Waals surface area contributed by atoms with Gasteiger partial charge in [0, 0.05) is 18.3 Å². The van der Waals surface area contributed by atoms with Gasteiger partial charge in [-0.15, -0.1) is 0 Å². The van der Waals surface area contributed by atoms with E-state index in [1.165, 1.54) is 5.56 Å². The van der Waals surface area contributed by atoms with E-state index < -0.39 is 0 Å². The molecule has 1 N–H and O–H groups in total. The van der Waals surface area contributed by atoms with Crippen molar-refractivity contribution in [2.24, 2.45) is 0 Å². The van der Waals surface area contributed by atoms with E-state index in [0.29, 0.717) is 0 Å². The van der Waals surface area contributed by atoms with Crippen molar-refractivity contribution >= 4 is 5.69 Å². The van der Waals surface area contributed by atoms with Gasteiger partial charge in [0.2, 0.25) is 0 Å². The van der Waals surface area contributed by atoms with E-state index in [0.717, 1.165) is 23.5 Å². The number of benzene rings is 2. The molecular weight excluding hydrogens is 234 g/mol. The molecule has 0 spiro atoms. The van der Waals surface area contributed by atoms with Crippen molar-refractivity contribution in [2.75, 3.05) is 12.4 Å². The summed E-state index contributed by atoms with van der Waals surface area (Å²) in [5.74, 6) is 0.920. The maximum Gasteiger partial charge on any atom is 0.123 e. The summed E-state index contributed by atoms with van der Waals surface area (Å²) in [7, 11) is 1.70. The molecule has 19 heavy (non-hydrogen) atoms. The van der Waals surface area contributed by atoms with E-state index in [1.807, 2.05) is 45.0 Å². The van der Waals surface area contributed by atoms with Gasteiger partial charge in [-0.2, -0.15) is 0 Å². The monoisotopic (exact) mass is 257 g/mol. The molecule has 0 saturated carbocycles. The van der Waals surface area contributed by atoms with Crippen LogP contribution in [0.3, 0.4) is 0 Å². The van der Waals surface area contributed by atoms with Gasteiger partial charge in [0.25, 0.3) is 0 Å². The lowest BCUT2D eigenvalue weighted by atomic mass is 10.2. The molecule has 0 fully saturated rings. The van der Waals surface area contributed by atoms with Gasteiger partial charge in [-0.1, -0.05) is 50.2 Å². The summed E-state index contributed by atoms with van der Waals surface area (Å²) in [5.41, 5.74) is 3.50. The standard InChI is InChI=1S/C15H17NO.C2H6/c1-12-8-9-14(10-15(12)17-2)16-11-13-6-4-3-5-7-13;1-2/h3-10,16H,11H2,1-2H3;1-2H3. The molecule has 0 radical (unpaired) electrons. The van der Waals surface area contributed by atoms with Gasteiger partial charge in [-0.3, -0.25) is 0 Å². The molecule has 0 heterocycles. The van der Waals surface area contributed by atoms with Crippen LogP contribution in [0.2, 0.25) is 0 Å². The SMILES string of the molecule is CC.COc1cc(NCc2ccccc2)ccc1C. The second-order valence-electron chi connectivity index (χ2n) is 4.02. The Kier molecular flexibility index (Phi) is 6.51. The van der Waals surface area contributed by atoms with Crippen LogP contribution in [0.15, 0.2) is 48.5 Å². The average molecular weight is 257 g/mol. The molecule has 2 nitrogen and oxygen atoms in total. The topological polar surface area (TPSA) is 21.3 Å². The maximum absolute atomic E-state index is 5.30. The highest BCUT2D eigenvalue weighted by Gasteiger charge is 1.99. The molecule has 0 atom stereocenters. The Labute approximate surface area is 116 Å². The number of methoxy groups -OCH3 is 1. The number of hydrogen-bond acceptors (Lipinski definition) is 2. The summed E-state index contributed by atoms with van der Waals surface area (Å²) >= 11 is 0. The van der Waals surface area contributed by atoms with Gasteiger partial charge in [-0.05, 0) is 24.1 Å². The van der Waals surface area contributed by atoms with E-state index in [-0.39, 0.29) is 0 Å². The highest BCUT2D eigenvalue weighted by atomic mass is 16.5. The third kappa shape index (κ3) is 4.66. The number of hydrogen-bond donors (Lipinski definition) is 1. The van der Waals surface area contributed by atoms with Crippen molar-refractivity contribution in [1.29, 1.82) is 0 Å². The summed E-state index contributed by atoms with van der Waals surface area (Å²) in [5, 5.41) is 3.38. The summed E-state index contributed by atoms with van der Waals surface area (Å²) in [6, 6.07) is 16.5. The fourth-order valence-corrected chi connectivity index (χ4v) is 1.73. The lowest BCUT2D eigenvalue weighted by Gasteiger charge is -2.10. The Bertz CT molecular complexity index is 480. The zero-order chi connectivity index (χ0) is 14.1. The lowest BCUT2D eigenvalue weighted by Crippen LogP contribution is -1.99. The first-order valence-electron chi connectivity index (χ1n) is 6.72. The zero-order valence-electron chi connectivity index (χ0n) is 12.2. The maximum atomic E-state index is 5.30. The van der Waals surface area contributed by atoms with E-state index in [2.05, 4.69) is 29.6 Å². The fourth-order valence-electron chi connectivity index (χ4n) is 1.73. The number of nitrogens with one attached hydrogen (secondary N) is 1. The minimum atomic E-state index is 0.826. The quantitative estimate of drug-likeness (QED) is 0.861. The van der Waals surface area contributed by atoms with Crippen molar-refractivity contribution in [1.82, 2.24) is 0 Å². The minimum absolute atomic E-state index is 0.826. The van der Waals surface area contributed by atoms with Crippen LogP contribution in [0, 0.1) is 6.92 Å². The first kappa shape index (κ1) is 15.1. The third-order valence-electron chi connectivity index (χ3n) is 2.75. The van der Waals surface area contributed by atoms with Crippen LogP contribution in [-0.4, -0.2) is 7.11 Å². The van der Waals surface area contributed by atoms with Crippen molar-refractivity contribution in [3.63, 3.8) is 0 Å². The summed E-state index contributed by atoms with van der Waals surface area (Å²) < 4.78 is 5.30. The van der Waals surface area contributed by atoms with Gasteiger partial charge in [0.1, 0.15) is 5.75 Å². The van der Waals surface area contributed by atoms with Crippen LogP contribution in [-0.2, 0) is 6.54 Å². The van der Waals surface area contributed by atoms with Crippen molar-refractivity contribution in [2.45, 2.75) is 27.3 Å². The second-order valence-corrected chi connectivity index (χ2v) is 4.02. The van der Waals surface area contributed by atoms with Crippen molar-refractivity contribution in [3.05, 3.63) is 59.7 Å². The van der Waals surface area contributed by atoms with Crippen LogP contribution in [0.1, 0.15) is 25.0 Å². The van der Waals surface area contributed by atoms with E-state index in [9.17, 15) is 0 Å². The first-order chi connectivity index (χ1) is 9.29. The Balaban J connectivity index is 0.000000861. The second kappa shape index (κ2) is 8.20. The van der Waals surface area contributed by atoms with E-state index in [1.54, 1.807) is 7.11 Å².